The standard InChI is InChI=1S/C38H42N8O5/c1-38(2)12-10-26-30(21-38)41-42-34(26)29-18-22-4-5-23(20-28(22)39-29)43(3)33(48)11-13-44-14-16-45(17-15-44)24-6-7-25-27(19-24)37(51)46(36(25)50)31-8-9-32(47)40-35(31)49/h4-7,18-20,31,39H,8-17,21H2,1-3H3,(H,41,42)(H,40,47,49). The summed E-state index contributed by atoms with van der Waals surface area (Å²) in [4.78, 5) is 74.3. The molecule has 0 spiro atoms. The molecule has 4 aromatic rings. The van der Waals surface area contributed by atoms with Crippen LogP contribution in [0, 0.1) is 5.41 Å². The second-order valence-electron chi connectivity index (χ2n) is 15.0. The van der Waals surface area contributed by atoms with Crippen LogP contribution in [0.5, 0.6) is 0 Å². The van der Waals surface area contributed by atoms with Gasteiger partial charge in [-0.05, 0) is 67.5 Å². The second-order valence-corrected chi connectivity index (χ2v) is 15.0. The molecule has 1 aliphatic carbocycles. The molecule has 264 valence electrons. The Morgan fingerprint density at radius 1 is 0.961 bits per heavy atom. The third-order valence-electron chi connectivity index (χ3n) is 11.1. The number of hydrogen-bond donors (Lipinski definition) is 3. The number of rotatable bonds is 7. The Labute approximate surface area is 295 Å². The molecule has 13 nitrogen and oxygen atoms in total. The van der Waals surface area contributed by atoms with Crippen LogP contribution in [-0.4, -0.2) is 100 Å². The van der Waals surface area contributed by atoms with Crippen LogP contribution >= 0.6 is 0 Å². The van der Waals surface area contributed by atoms with Crippen molar-refractivity contribution in [1.82, 2.24) is 30.3 Å². The highest BCUT2D eigenvalue weighted by molar-refractivity contribution is 6.23. The first-order valence-corrected chi connectivity index (χ1v) is 17.7. The Hall–Kier alpha value is -5.30. The average molecular weight is 691 g/mol. The van der Waals surface area contributed by atoms with Crippen molar-refractivity contribution in [2.75, 3.05) is 49.6 Å². The second kappa shape index (κ2) is 12.5. The first kappa shape index (κ1) is 32.9. The van der Waals surface area contributed by atoms with Gasteiger partial charge in [-0.2, -0.15) is 5.10 Å². The first-order valence-electron chi connectivity index (χ1n) is 17.7. The van der Waals surface area contributed by atoms with Gasteiger partial charge in [0.1, 0.15) is 11.7 Å². The van der Waals surface area contributed by atoms with E-state index in [0.29, 0.717) is 26.1 Å². The SMILES string of the molecule is CN(C(=O)CCN1CCN(c2ccc3c(c2)C(=O)N(C2CCC(=O)NC2=O)C3=O)CC1)c1ccc2cc(-c3n[nH]c4c3CCC(C)(C)C4)[nH]c2c1. The number of carbonyl (C=O) groups excluding carboxylic acids is 5. The van der Waals surface area contributed by atoms with Crippen molar-refractivity contribution in [3.05, 3.63) is 64.8 Å². The number of nitrogens with one attached hydrogen (secondary N) is 3. The van der Waals surface area contributed by atoms with Gasteiger partial charge in [0, 0.05) is 86.1 Å². The first-order chi connectivity index (χ1) is 24.5. The highest BCUT2D eigenvalue weighted by Gasteiger charge is 2.45. The lowest BCUT2D eigenvalue weighted by atomic mass is 9.76. The average Bonchev–Trinajstić information content (AvgIpc) is 3.80. The summed E-state index contributed by atoms with van der Waals surface area (Å²) < 4.78 is 0. The summed E-state index contributed by atoms with van der Waals surface area (Å²) in [7, 11) is 1.82. The number of piperazine rings is 1. The third kappa shape index (κ3) is 5.98. The van der Waals surface area contributed by atoms with Crippen LogP contribution in [0.1, 0.15) is 71.5 Å². The van der Waals surface area contributed by atoms with Crippen molar-refractivity contribution in [3.8, 4) is 11.4 Å². The molecule has 1 unspecified atom stereocenters. The molecule has 8 rings (SSSR count). The van der Waals surface area contributed by atoms with E-state index in [-0.39, 0.29) is 35.3 Å². The lowest BCUT2D eigenvalue weighted by Gasteiger charge is -2.36. The summed E-state index contributed by atoms with van der Waals surface area (Å²) in [6.45, 7) is 8.12. The molecule has 2 aromatic carbocycles. The Bertz CT molecular complexity index is 2110. The maximum absolute atomic E-state index is 13.3. The lowest BCUT2D eigenvalue weighted by molar-refractivity contribution is -0.136. The Kier molecular flexibility index (Phi) is 8.05. The van der Waals surface area contributed by atoms with E-state index in [9.17, 15) is 24.0 Å². The van der Waals surface area contributed by atoms with Crippen LogP contribution in [0.4, 0.5) is 11.4 Å². The number of anilines is 2. The summed E-state index contributed by atoms with van der Waals surface area (Å²) >= 11 is 0. The molecule has 0 bridgehead atoms. The Morgan fingerprint density at radius 3 is 2.53 bits per heavy atom. The van der Waals surface area contributed by atoms with Gasteiger partial charge in [-0.3, -0.25) is 44.2 Å². The molecule has 2 aromatic heterocycles. The van der Waals surface area contributed by atoms with Crippen molar-refractivity contribution in [1.29, 1.82) is 0 Å². The number of piperidine rings is 1. The van der Waals surface area contributed by atoms with Crippen LogP contribution in [0.25, 0.3) is 22.3 Å². The fraction of sp³-hybridized carbons (Fsp3) is 0.421. The summed E-state index contributed by atoms with van der Waals surface area (Å²) in [6, 6.07) is 12.4. The number of aromatic amines is 2. The predicted octanol–water partition coefficient (Wildman–Crippen LogP) is 3.65. The molecule has 2 fully saturated rings. The van der Waals surface area contributed by atoms with Gasteiger partial charge in [-0.25, -0.2) is 0 Å². The minimum absolute atomic E-state index is 0.0370. The minimum Gasteiger partial charge on any atom is -0.369 e. The van der Waals surface area contributed by atoms with E-state index in [1.165, 1.54) is 11.3 Å². The molecule has 3 N–H and O–H groups in total. The Balaban J connectivity index is 0.859. The van der Waals surface area contributed by atoms with Crippen LogP contribution < -0.4 is 15.1 Å². The van der Waals surface area contributed by atoms with Gasteiger partial charge in [0.2, 0.25) is 17.7 Å². The molecular weight excluding hydrogens is 648 g/mol. The molecule has 5 amide bonds. The number of fused-ring (bicyclic) bond motifs is 3. The fourth-order valence-corrected chi connectivity index (χ4v) is 7.97. The predicted molar refractivity (Wildman–Crippen MR) is 191 cm³/mol. The van der Waals surface area contributed by atoms with E-state index in [2.05, 4.69) is 50.2 Å². The molecule has 4 aliphatic rings. The van der Waals surface area contributed by atoms with Crippen molar-refractivity contribution in [3.63, 3.8) is 0 Å². The van der Waals surface area contributed by atoms with E-state index >= 15 is 0 Å². The van der Waals surface area contributed by atoms with Crippen LogP contribution in [0.15, 0.2) is 42.5 Å². The molecule has 1 atom stereocenters. The molecule has 3 aliphatic heterocycles. The lowest BCUT2D eigenvalue weighted by Crippen LogP contribution is -2.54. The van der Waals surface area contributed by atoms with Crippen LogP contribution in [0.2, 0.25) is 0 Å². The third-order valence-corrected chi connectivity index (χ3v) is 11.1. The number of carbonyl (C=O) groups is 5. The van der Waals surface area contributed by atoms with Gasteiger partial charge in [0.15, 0.2) is 0 Å². The maximum atomic E-state index is 13.3. The molecule has 13 heteroatoms. The van der Waals surface area contributed by atoms with Crippen molar-refractivity contribution >= 4 is 51.8 Å². The Morgan fingerprint density at radius 2 is 1.75 bits per heavy atom. The molecule has 0 radical (unpaired) electrons. The number of benzene rings is 2. The topological polar surface area (TPSA) is 155 Å². The highest BCUT2D eigenvalue weighted by Crippen LogP contribution is 2.38. The minimum atomic E-state index is -0.987. The zero-order valence-electron chi connectivity index (χ0n) is 29.2. The maximum Gasteiger partial charge on any atom is 0.262 e. The number of aromatic nitrogens is 3. The number of amides is 5. The molecule has 2 saturated heterocycles. The van der Waals surface area contributed by atoms with Crippen LogP contribution in [0.3, 0.4) is 0 Å². The zero-order chi connectivity index (χ0) is 35.6. The molecular formula is C38H42N8O5. The summed E-state index contributed by atoms with van der Waals surface area (Å²) in [5.41, 5.74) is 7.94. The summed E-state index contributed by atoms with van der Waals surface area (Å²) in [6.07, 6.45) is 3.72. The largest absolute Gasteiger partial charge is 0.369 e. The quantitative estimate of drug-likeness (QED) is 0.249. The number of hydrogen-bond acceptors (Lipinski definition) is 8. The van der Waals surface area contributed by atoms with Crippen LogP contribution in [-0.2, 0) is 27.2 Å². The van der Waals surface area contributed by atoms with E-state index in [1.54, 1.807) is 17.0 Å². The summed E-state index contributed by atoms with van der Waals surface area (Å²) in [5.74, 6) is -2.00. The van der Waals surface area contributed by atoms with Gasteiger partial charge in [0.25, 0.3) is 11.8 Å². The van der Waals surface area contributed by atoms with E-state index in [0.717, 1.165) is 70.9 Å². The van der Waals surface area contributed by atoms with Crippen molar-refractivity contribution in [2.45, 2.75) is 58.4 Å². The van der Waals surface area contributed by atoms with Gasteiger partial charge in [-0.1, -0.05) is 19.9 Å². The van der Waals surface area contributed by atoms with Crippen molar-refractivity contribution in [2.24, 2.45) is 5.41 Å². The van der Waals surface area contributed by atoms with Gasteiger partial charge in [0.05, 0.1) is 16.8 Å². The molecule has 0 saturated carbocycles. The van der Waals surface area contributed by atoms with Gasteiger partial charge in [-0.15, -0.1) is 0 Å². The van der Waals surface area contributed by atoms with Gasteiger partial charge < -0.3 is 14.8 Å². The summed E-state index contributed by atoms with van der Waals surface area (Å²) in [5, 5.41) is 11.2. The normalized spacial score (nSPS) is 20.5. The zero-order valence-corrected chi connectivity index (χ0v) is 29.2. The van der Waals surface area contributed by atoms with E-state index in [4.69, 9.17) is 0 Å². The fourth-order valence-electron chi connectivity index (χ4n) is 7.97. The molecule has 5 heterocycles. The van der Waals surface area contributed by atoms with Crippen molar-refractivity contribution < 1.29 is 24.0 Å². The van der Waals surface area contributed by atoms with E-state index < -0.39 is 29.7 Å². The highest BCUT2D eigenvalue weighted by atomic mass is 16.2. The smallest absolute Gasteiger partial charge is 0.262 e. The van der Waals surface area contributed by atoms with E-state index in [1.807, 2.05) is 31.3 Å². The van der Waals surface area contributed by atoms with Gasteiger partial charge >= 0.3 is 0 Å². The number of imide groups is 2. The molecule has 51 heavy (non-hydrogen) atoms. The number of H-pyrrole nitrogens is 2. The number of nitrogens with zero attached hydrogens (tertiary/aromatic N) is 5. The monoisotopic (exact) mass is 690 g/mol.